The van der Waals surface area contributed by atoms with Gasteiger partial charge in [-0.05, 0) is 24.5 Å². The Hall–Kier alpha value is -1.35. The second kappa shape index (κ2) is 4.03. The van der Waals surface area contributed by atoms with E-state index in [0.29, 0.717) is 6.54 Å². The third-order valence-corrected chi connectivity index (χ3v) is 2.74. The molecule has 1 aliphatic carbocycles. The fourth-order valence-electron chi connectivity index (χ4n) is 1.86. The Labute approximate surface area is 89.1 Å². The minimum atomic E-state index is -0.482. The van der Waals surface area contributed by atoms with Gasteiger partial charge >= 0.3 is 0 Å². The molecule has 0 fully saturated rings. The van der Waals surface area contributed by atoms with Crippen LogP contribution in [-0.2, 0) is 11.2 Å². The van der Waals surface area contributed by atoms with E-state index in [0.717, 1.165) is 12.0 Å². The van der Waals surface area contributed by atoms with Gasteiger partial charge in [0.1, 0.15) is 0 Å². The van der Waals surface area contributed by atoms with Crippen molar-refractivity contribution in [2.45, 2.75) is 25.4 Å². The number of carbonyl (C=O) groups excluding carboxylic acids is 1. The molecule has 2 unspecified atom stereocenters. The summed E-state index contributed by atoms with van der Waals surface area (Å²) in [4.78, 5) is 11.7. The molecule has 1 aromatic carbocycles. The van der Waals surface area contributed by atoms with Crippen LogP contribution < -0.4 is 5.32 Å². The van der Waals surface area contributed by atoms with Crippen LogP contribution in [0.4, 0.5) is 0 Å². The first-order valence-corrected chi connectivity index (χ1v) is 5.22. The highest BCUT2D eigenvalue weighted by atomic mass is 16.3. The van der Waals surface area contributed by atoms with Crippen molar-refractivity contribution in [2.24, 2.45) is 0 Å². The van der Waals surface area contributed by atoms with Crippen molar-refractivity contribution in [1.29, 1.82) is 0 Å². The fourth-order valence-corrected chi connectivity index (χ4v) is 1.86. The summed E-state index contributed by atoms with van der Waals surface area (Å²) < 4.78 is 0. The maximum absolute atomic E-state index is 11.7. The van der Waals surface area contributed by atoms with Crippen LogP contribution in [0, 0.1) is 0 Å². The van der Waals surface area contributed by atoms with Crippen molar-refractivity contribution in [1.82, 2.24) is 5.32 Å². The molecule has 0 aliphatic heterocycles. The van der Waals surface area contributed by atoms with Crippen LogP contribution >= 0.6 is 0 Å². The van der Waals surface area contributed by atoms with Gasteiger partial charge in [0.2, 0.25) is 5.91 Å². The number of fused-ring (bicyclic) bond motifs is 1. The van der Waals surface area contributed by atoms with E-state index in [1.54, 1.807) is 6.92 Å². The number of hydrogen-bond donors (Lipinski definition) is 2. The van der Waals surface area contributed by atoms with Crippen LogP contribution in [0.2, 0.25) is 0 Å². The van der Waals surface area contributed by atoms with Gasteiger partial charge in [0, 0.05) is 6.54 Å². The number of aliphatic hydroxyl groups is 1. The maximum atomic E-state index is 11.7. The predicted octanol–water partition coefficient (Wildman–Crippen LogP) is 0.823. The topological polar surface area (TPSA) is 49.3 Å². The molecule has 0 radical (unpaired) electrons. The molecular formula is C12H15NO2. The molecule has 3 heteroatoms. The van der Waals surface area contributed by atoms with Crippen molar-refractivity contribution in [3.63, 3.8) is 0 Å². The summed E-state index contributed by atoms with van der Waals surface area (Å²) in [5, 5.41) is 11.8. The quantitative estimate of drug-likeness (QED) is 0.767. The lowest BCUT2D eigenvalue weighted by Gasteiger charge is -2.29. The van der Waals surface area contributed by atoms with Gasteiger partial charge in [0.05, 0.1) is 12.0 Å². The Morgan fingerprint density at radius 3 is 3.00 bits per heavy atom. The van der Waals surface area contributed by atoms with Gasteiger partial charge in [-0.1, -0.05) is 24.3 Å². The summed E-state index contributed by atoms with van der Waals surface area (Å²) in [5.41, 5.74) is 2.38. The standard InChI is InChI=1S/C12H15NO2/c1-8(14)7-13-12(15)11-6-9-4-2-3-5-10(9)11/h2-5,8,11,14H,6-7H2,1H3,(H,13,15). The second-order valence-corrected chi connectivity index (χ2v) is 4.05. The number of hydrogen-bond acceptors (Lipinski definition) is 2. The summed E-state index contributed by atoms with van der Waals surface area (Å²) in [7, 11) is 0. The van der Waals surface area contributed by atoms with Crippen molar-refractivity contribution in [3.8, 4) is 0 Å². The molecule has 2 atom stereocenters. The largest absolute Gasteiger partial charge is 0.392 e. The summed E-state index contributed by atoms with van der Waals surface area (Å²) in [6, 6.07) is 7.98. The summed E-state index contributed by atoms with van der Waals surface area (Å²) in [5.74, 6) is 0.00884. The SMILES string of the molecule is CC(O)CNC(=O)C1Cc2ccccc21. The molecule has 0 bridgehead atoms. The first-order chi connectivity index (χ1) is 7.18. The lowest BCUT2D eigenvalue weighted by molar-refractivity contribution is -0.123. The molecule has 0 spiro atoms. The Kier molecular flexibility index (Phi) is 2.73. The normalized spacial score (nSPS) is 20.0. The molecule has 0 aromatic heterocycles. The molecule has 0 saturated heterocycles. The van der Waals surface area contributed by atoms with Crippen molar-refractivity contribution < 1.29 is 9.90 Å². The lowest BCUT2D eigenvalue weighted by Crippen LogP contribution is -2.38. The smallest absolute Gasteiger partial charge is 0.227 e. The zero-order valence-electron chi connectivity index (χ0n) is 8.73. The highest BCUT2D eigenvalue weighted by Gasteiger charge is 2.31. The van der Waals surface area contributed by atoms with E-state index >= 15 is 0 Å². The van der Waals surface area contributed by atoms with E-state index in [1.807, 2.05) is 24.3 Å². The van der Waals surface area contributed by atoms with Gasteiger partial charge in [-0.3, -0.25) is 4.79 Å². The van der Waals surface area contributed by atoms with E-state index < -0.39 is 6.10 Å². The molecule has 2 N–H and O–H groups in total. The third-order valence-electron chi connectivity index (χ3n) is 2.74. The highest BCUT2D eigenvalue weighted by Crippen LogP contribution is 2.34. The number of carbonyl (C=O) groups is 1. The number of nitrogens with one attached hydrogen (secondary N) is 1. The number of rotatable bonds is 3. The van der Waals surface area contributed by atoms with Gasteiger partial charge in [0.15, 0.2) is 0 Å². The third kappa shape index (κ3) is 2.02. The first-order valence-electron chi connectivity index (χ1n) is 5.22. The monoisotopic (exact) mass is 205 g/mol. The van der Waals surface area contributed by atoms with Gasteiger partial charge in [-0.15, -0.1) is 0 Å². The van der Waals surface area contributed by atoms with Gasteiger partial charge in [0.25, 0.3) is 0 Å². The van der Waals surface area contributed by atoms with E-state index in [4.69, 9.17) is 5.11 Å². The van der Waals surface area contributed by atoms with E-state index in [2.05, 4.69) is 5.32 Å². The minimum absolute atomic E-state index is 0.0139. The molecule has 2 rings (SSSR count). The van der Waals surface area contributed by atoms with Crippen LogP contribution in [0.1, 0.15) is 24.0 Å². The fraction of sp³-hybridized carbons (Fsp3) is 0.417. The van der Waals surface area contributed by atoms with Gasteiger partial charge in [-0.25, -0.2) is 0 Å². The molecule has 1 amide bonds. The number of benzene rings is 1. The summed E-state index contributed by atoms with van der Waals surface area (Å²) >= 11 is 0. The number of aliphatic hydroxyl groups excluding tert-OH is 1. The Bertz CT molecular complexity index is 374. The van der Waals surface area contributed by atoms with Crippen molar-refractivity contribution in [3.05, 3.63) is 35.4 Å². The summed E-state index contributed by atoms with van der Waals surface area (Å²) in [6.07, 6.45) is 0.339. The zero-order valence-corrected chi connectivity index (χ0v) is 8.73. The van der Waals surface area contributed by atoms with E-state index in [-0.39, 0.29) is 11.8 Å². The summed E-state index contributed by atoms with van der Waals surface area (Å²) in [6.45, 7) is 1.99. The molecule has 1 aromatic rings. The number of amides is 1. The first kappa shape index (κ1) is 10.2. The van der Waals surface area contributed by atoms with Gasteiger partial charge in [-0.2, -0.15) is 0 Å². The molecule has 0 heterocycles. The Balaban J connectivity index is 1.96. The van der Waals surface area contributed by atoms with Crippen LogP contribution in [0.15, 0.2) is 24.3 Å². The van der Waals surface area contributed by atoms with Gasteiger partial charge < -0.3 is 10.4 Å². The van der Waals surface area contributed by atoms with Crippen LogP contribution in [-0.4, -0.2) is 23.7 Å². The van der Waals surface area contributed by atoms with E-state index in [9.17, 15) is 4.79 Å². The molecule has 0 saturated carbocycles. The van der Waals surface area contributed by atoms with E-state index in [1.165, 1.54) is 5.56 Å². The molecule has 3 nitrogen and oxygen atoms in total. The van der Waals surface area contributed by atoms with Crippen LogP contribution in [0.3, 0.4) is 0 Å². The maximum Gasteiger partial charge on any atom is 0.227 e. The molecular weight excluding hydrogens is 190 g/mol. The molecule has 15 heavy (non-hydrogen) atoms. The second-order valence-electron chi connectivity index (χ2n) is 4.05. The zero-order chi connectivity index (χ0) is 10.8. The van der Waals surface area contributed by atoms with Crippen LogP contribution in [0.5, 0.6) is 0 Å². The molecule has 1 aliphatic rings. The predicted molar refractivity (Wildman–Crippen MR) is 57.6 cm³/mol. The average Bonchev–Trinajstić information content (AvgIpc) is 2.17. The van der Waals surface area contributed by atoms with Crippen LogP contribution in [0.25, 0.3) is 0 Å². The average molecular weight is 205 g/mol. The Morgan fingerprint density at radius 1 is 1.60 bits per heavy atom. The Morgan fingerprint density at radius 2 is 2.33 bits per heavy atom. The minimum Gasteiger partial charge on any atom is -0.392 e. The molecule has 80 valence electrons. The highest BCUT2D eigenvalue weighted by molar-refractivity contribution is 5.86. The van der Waals surface area contributed by atoms with Crippen molar-refractivity contribution >= 4 is 5.91 Å². The lowest BCUT2D eigenvalue weighted by atomic mass is 9.77. The van der Waals surface area contributed by atoms with Crippen molar-refractivity contribution in [2.75, 3.05) is 6.54 Å².